The van der Waals surface area contributed by atoms with E-state index in [2.05, 4.69) is 39.9 Å². The molecule has 0 amide bonds. The summed E-state index contributed by atoms with van der Waals surface area (Å²) in [5.41, 5.74) is 0.770. The second-order valence-electron chi connectivity index (χ2n) is 5.71. The highest BCUT2D eigenvalue weighted by Crippen LogP contribution is 2.37. The highest BCUT2D eigenvalue weighted by molar-refractivity contribution is 9.10. The lowest BCUT2D eigenvalue weighted by molar-refractivity contribution is -0.152. The monoisotopic (exact) mass is 339 g/mol. The molecule has 1 fully saturated rings. The standard InChI is InChI=1S/C16H22BrNO2/c1-3-16(15(19)20)7-9-18(10-8-16)12(2)13-5-4-6-14(17)11-13/h4-6,11-12H,3,7-10H2,1-2H3,(H,19,20). The van der Waals surface area contributed by atoms with E-state index in [0.717, 1.165) is 36.8 Å². The van der Waals surface area contributed by atoms with Gasteiger partial charge in [-0.05, 0) is 57.0 Å². The van der Waals surface area contributed by atoms with Crippen molar-refractivity contribution in [1.29, 1.82) is 0 Å². The second kappa shape index (κ2) is 6.27. The van der Waals surface area contributed by atoms with E-state index in [1.165, 1.54) is 5.56 Å². The van der Waals surface area contributed by atoms with Crippen molar-refractivity contribution in [3.63, 3.8) is 0 Å². The number of carboxylic acids is 1. The van der Waals surface area contributed by atoms with Crippen LogP contribution in [0, 0.1) is 5.41 Å². The van der Waals surface area contributed by atoms with Crippen LogP contribution in [0.15, 0.2) is 28.7 Å². The van der Waals surface area contributed by atoms with Gasteiger partial charge in [-0.25, -0.2) is 0 Å². The SMILES string of the molecule is CCC1(C(=O)O)CCN(C(C)c2cccc(Br)c2)CC1. The average molecular weight is 340 g/mol. The van der Waals surface area contributed by atoms with Crippen molar-refractivity contribution in [3.8, 4) is 0 Å². The summed E-state index contributed by atoms with van der Waals surface area (Å²) in [5, 5.41) is 9.44. The van der Waals surface area contributed by atoms with Crippen LogP contribution in [-0.4, -0.2) is 29.1 Å². The minimum atomic E-state index is -0.630. The van der Waals surface area contributed by atoms with Gasteiger partial charge in [-0.2, -0.15) is 0 Å². The van der Waals surface area contributed by atoms with Gasteiger partial charge in [0, 0.05) is 10.5 Å². The lowest BCUT2D eigenvalue weighted by Crippen LogP contribution is -2.44. The molecule has 0 spiro atoms. The first-order chi connectivity index (χ1) is 9.48. The molecule has 4 heteroatoms. The third-order valence-electron chi connectivity index (χ3n) is 4.76. The lowest BCUT2D eigenvalue weighted by Gasteiger charge is -2.41. The summed E-state index contributed by atoms with van der Waals surface area (Å²) in [4.78, 5) is 13.9. The van der Waals surface area contributed by atoms with Gasteiger partial charge < -0.3 is 5.11 Å². The molecule has 2 rings (SSSR count). The minimum absolute atomic E-state index is 0.330. The van der Waals surface area contributed by atoms with Gasteiger partial charge in [-0.1, -0.05) is 35.0 Å². The number of hydrogen-bond acceptors (Lipinski definition) is 2. The van der Waals surface area contributed by atoms with Crippen molar-refractivity contribution >= 4 is 21.9 Å². The van der Waals surface area contributed by atoms with E-state index in [1.807, 2.05) is 19.1 Å². The van der Waals surface area contributed by atoms with Crippen LogP contribution < -0.4 is 0 Å². The molecule has 0 aromatic heterocycles. The van der Waals surface area contributed by atoms with Gasteiger partial charge in [-0.3, -0.25) is 9.69 Å². The molecule has 1 N–H and O–H groups in total. The maximum absolute atomic E-state index is 11.5. The highest BCUT2D eigenvalue weighted by Gasteiger charge is 2.40. The molecule has 0 bridgehead atoms. The Morgan fingerprint density at radius 3 is 2.60 bits per heavy atom. The van der Waals surface area contributed by atoms with E-state index in [4.69, 9.17) is 0 Å². The van der Waals surface area contributed by atoms with E-state index >= 15 is 0 Å². The van der Waals surface area contributed by atoms with Crippen LogP contribution in [0.2, 0.25) is 0 Å². The summed E-state index contributed by atoms with van der Waals surface area (Å²) in [7, 11) is 0. The highest BCUT2D eigenvalue weighted by atomic mass is 79.9. The van der Waals surface area contributed by atoms with Crippen molar-refractivity contribution in [3.05, 3.63) is 34.3 Å². The number of hydrogen-bond donors (Lipinski definition) is 1. The van der Waals surface area contributed by atoms with Gasteiger partial charge in [0.25, 0.3) is 0 Å². The number of nitrogens with zero attached hydrogens (tertiary/aromatic N) is 1. The Kier molecular flexibility index (Phi) is 4.86. The summed E-state index contributed by atoms with van der Waals surface area (Å²) in [6.45, 7) is 5.89. The van der Waals surface area contributed by atoms with Gasteiger partial charge in [0.05, 0.1) is 5.41 Å². The Labute approximate surface area is 129 Å². The van der Waals surface area contributed by atoms with Crippen LogP contribution in [0.1, 0.15) is 44.7 Å². The topological polar surface area (TPSA) is 40.5 Å². The van der Waals surface area contributed by atoms with Gasteiger partial charge in [0.2, 0.25) is 0 Å². The number of piperidine rings is 1. The summed E-state index contributed by atoms with van der Waals surface area (Å²) in [6, 6.07) is 8.68. The Morgan fingerprint density at radius 2 is 2.10 bits per heavy atom. The second-order valence-corrected chi connectivity index (χ2v) is 6.62. The summed E-state index contributed by atoms with van der Waals surface area (Å²) < 4.78 is 1.09. The molecule has 0 saturated carbocycles. The van der Waals surface area contributed by atoms with Crippen molar-refractivity contribution < 1.29 is 9.90 Å². The summed E-state index contributed by atoms with van der Waals surface area (Å²) in [6.07, 6.45) is 2.22. The molecule has 1 aromatic carbocycles. The quantitative estimate of drug-likeness (QED) is 0.898. The normalized spacial score (nSPS) is 20.6. The zero-order valence-corrected chi connectivity index (χ0v) is 13.7. The number of rotatable bonds is 4. The Balaban J connectivity index is 2.05. The minimum Gasteiger partial charge on any atom is -0.481 e. The van der Waals surface area contributed by atoms with Crippen molar-refractivity contribution in [2.24, 2.45) is 5.41 Å². The third-order valence-corrected chi connectivity index (χ3v) is 5.26. The summed E-state index contributed by atoms with van der Waals surface area (Å²) >= 11 is 3.51. The first kappa shape index (κ1) is 15.5. The van der Waals surface area contributed by atoms with Crippen LogP contribution in [-0.2, 0) is 4.79 Å². The molecule has 1 saturated heterocycles. The molecule has 3 nitrogen and oxygen atoms in total. The molecule has 1 heterocycles. The lowest BCUT2D eigenvalue weighted by atomic mass is 9.76. The zero-order valence-electron chi connectivity index (χ0n) is 12.1. The Hall–Kier alpha value is -0.870. The predicted octanol–water partition coefficient (Wildman–Crippen LogP) is 4.09. The summed E-state index contributed by atoms with van der Waals surface area (Å²) in [5.74, 6) is -0.630. The van der Waals surface area contributed by atoms with E-state index in [1.54, 1.807) is 0 Å². The first-order valence-electron chi connectivity index (χ1n) is 7.21. The maximum Gasteiger partial charge on any atom is 0.309 e. The van der Waals surface area contributed by atoms with Crippen molar-refractivity contribution in [2.45, 2.75) is 39.2 Å². The van der Waals surface area contributed by atoms with Gasteiger partial charge >= 0.3 is 5.97 Å². The molecule has 110 valence electrons. The Morgan fingerprint density at radius 1 is 1.45 bits per heavy atom. The van der Waals surface area contributed by atoms with Crippen molar-refractivity contribution in [1.82, 2.24) is 4.90 Å². The average Bonchev–Trinajstić information content (AvgIpc) is 2.46. The fourth-order valence-electron chi connectivity index (χ4n) is 3.04. The van der Waals surface area contributed by atoms with Gasteiger partial charge in [0.1, 0.15) is 0 Å². The largest absolute Gasteiger partial charge is 0.481 e. The van der Waals surface area contributed by atoms with Gasteiger partial charge in [-0.15, -0.1) is 0 Å². The molecule has 1 aliphatic heterocycles. The third kappa shape index (κ3) is 3.07. The molecule has 20 heavy (non-hydrogen) atoms. The number of benzene rings is 1. The first-order valence-corrected chi connectivity index (χ1v) is 8.01. The van der Waals surface area contributed by atoms with E-state index in [0.29, 0.717) is 6.04 Å². The molecule has 0 radical (unpaired) electrons. The fraction of sp³-hybridized carbons (Fsp3) is 0.562. The number of carboxylic acid groups (broad SMARTS) is 1. The van der Waals surface area contributed by atoms with Crippen LogP contribution >= 0.6 is 15.9 Å². The van der Waals surface area contributed by atoms with E-state index in [9.17, 15) is 9.90 Å². The molecule has 1 unspecified atom stereocenters. The number of aliphatic carboxylic acids is 1. The molecule has 1 aliphatic rings. The molecule has 1 aromatic rings. The van der Waals surface area contributed by atoms with Gasteiger partial charge in [0.15, 0.2) is 0 Å². The maximum atomic E-state index is 11.5. The molecule has 0 aliphatic carbocycles. The Bertz CT molecular complexity index is 481. The number of carbonyl (C=O) groups is 1. The predicted molar refractivity (Wildman–Crippen MR) is 83.7 cm³/mol. The van der Waals surface area contributed by atoms with Crippen LogP contribution in [0.5, 0.6) is 0 Å². The van der Waals surface area contributed by atoms with Crippen LogP contribution in [0.25, 0.3) is 0 Å². The van der Waals surface area contributed by atoms with Crippen LogP contribution in [0.4, 0.5) is 0 Å². The number of likely N-dealkylation sites (tertiary alicyclic amines) is 1. The fourth-order valence-corrected chi connectivity index (χ4v) is 3.45. The zero-order chi connectivity index (χ0) is 14.8. The molecule has 1 atom stereocenters. The molecular weight excluding hydrogens is 318 g/mol. The number of halogens is 1. The van der Waals surface area contributed by atoms with E-state index in [-0.39, 0.29) is 0 Å². The molecular formula is C16H22BrNO2. The smallest absolute Gasteiger partial charge is 0.309 e. The van der Waals surface area contributed by atoms with Crippen LogP contribution in [0.3, 0.4) is 0 Å². The van der Waals surface area contributed by atoms with Crippen molar-refractivity contribution in [2.75, 3.05) is 13.1 Å². The van der Waals surface area contributed by atoms with E-state index < -0.39 is 11.4 Å².